The number of hydrogen-bond donors (Lipinski definition) is 2. The highest BCUT2D eigenvalue weighted by atomic mass is 15.1. The van der Waals surface area contributed by atoms with E-state index < -0.39 is 0 Å². The molecule has 0 aliphatic rings. The van der Waals surface area contributed by atoms with Crippen molar-refractivity contribution >= 4 is 5.95 Å². The molecule has 0 atom stereocenters. The van der Waals surface area contributed by atoms with Gasteiger partial charge in [0.05, 0.1) is 0 Å². The van der Waals surface area contributed by atoms with Gasteiger partial charge in [0.25, 0.3) is 0 Å². The second-order valence-corrected chi connectivity index (χ2v) is 4.82. The summed E-state index contributed by atoms with van der Waals surface area (Å²) in [5.41, 5.74) is 6.71. The third kappa shape index (κ3) is 4.74. The van der Waals surface area contributed by atoms with Crippen molar-refractivity contribution in [2.24, 2.45) is 11.1 Å². The van der Waals surface area contributed by atoms with Crippen molar-refractivity contribution in [2.45, 2.75) is 27.2 Å². The molecular weight excluding hydrogens is 188 g/mol. The van der Waals surface area contributed by atoms with Gasteiger partial charge in [0.1, 0.15) is 0 Å². The first-order valence-electron chi connectivity index (χ1n) is 5.27. The molecule has 3 N–H and O–H groups in total. The first kappa shape index (κ1) is 11.9. The maximum absolute atomic E-state index is 5.40. The standard InChI is InChI=1S/C11H20N4/c1-11(2,3)8-9-4-6-13-10(15-9)14-7-5-12/h4,6H,5,7-8,12H2,1-3H3,(H,13,14,15). The van der Waals surface area contributed by atoms with E-state index in [1.165, 1.54) is 0 Å². The summed E-state index contributed by atoms with van der Waals surface area (Å²) < 4.78 is 0. The molecule has 0 radical (unpaired) electrons. The second kappa shape index (κ2) is 5.07. The molecular formula is C11H20N4. The lowest BCUT2D eigenvalue weighted by atomic mass is 9.90. The Labute approximate surface area is 91.3 Å². The molecule has 1 aromatic rings. The third-order valence-corrected chi connectivity index (χ3v) is 1.85. The van der Waals surface area contributed by atoms with Crippen LogP contribution in [0, 0.1) is 5.41 Å². The van der Waals surface area contributed by atoms with Gasteiger partial charge in [0.15, 0.2) is 0 Å². The zero-order chi connectivity index (χ0) is 11.3. The van der Waals surface area contributed by atoms with Crippen LogP contribution in [0.2, 0.25) is 0 Å². The number of aromatic nitrogens is 2. The lowest BCUT2D eigenvalue weighted by Gasteiger charge is -2.17. The summed E-state index contributed by atoms with van der Waals surface area (Å²) in [5, 5.41) is 3.07. The van der Waals surface area contributed by atoms with Crippen LogP contribution in [-0.2, 0) is 6.42 Å². The van der Waals surface area contributed by atoms with Crippen molar-refractivity contribution < 1.29 is 0 Å². The van der Waals surface area contributed by atoms with Crippen molar-refractivity contribution in [1.29, 1.82) is 0 Å². The second-order valence-electron chi connectivity index (χ2n) is 4.82. The van der Waals surface area contributed by atoms with E-state index >= 15 is 0 Å². The summed E-state index contributed by atoms with van der Waals surface area (Å²) in [5.74, 6) is 0.669. The summed E-state index contributed by atoms with van der Waals surface area (Å²) in [4.78, 5) is 8.55. The van der Waals surface area contributed by atoms with Gasteiger partial charge in [-0.05, 0) is 17.9 Å². The van der Waals surface area contributed by atoms with Crippen LogP contribution in [0.15, 0.2) is 12.3 Å². The topological polar surface area (TPSA) is 63.8 Å². The fourth-order valence-electron chi connectivity index (χ4n) is 1.31. The largest absolute Gasteiger partial charge is 0.353 e. The maximum atomic E-state index is 5.40. The summed E-state index contributed by atoms with van der Waals surface area (Å²) in [6.45, 7) is 7.89. The van der Waals surface area contributed by atoms with Crippen molar-refractivity contribution in [3.8, 4) is 0 Å². The lowest BCUT2D eigenvalue weighted by Crippen LogP contribution is -2.16. The molecule has 0 aliphatic heterocycles. The van der Waals surface area contributed by atoms with Gasteiger partial charge in [-0.25, -0.2) is 9.97 Å². The molecule has 0 saturated heterocycles. The molecule has 0 amide bonds. The summed E-state index contributed by atoms with van der Waals surface area (Å²) in [7, 11) is 0. The third-order valence-electron chi connectivity index (χ3n) is 1.85. The Morgan fingerprint density at radius 2 is 2.13 bits per heavy atom. The Hall–Kier alpha value is -1.16. The number of rotatable bonds is 4. The van der Waals surface area contributed by atoms with Crippen LogP contribution >= 0.6 is 0 Å². The number of nitrogens with one attached hydrogen (secondary N) is 1. The van der Waals surface area contributed by atoms with Crippen molar-refractivity contribution in [3.05, 3.63) is 18.0 Å². The molecule has 15 heavy (non-hydrogen) atoms. The highest BCUT2D eigenvalue weighted by molar-refractivity contribution is 5.25. The van der Waals surface area contributed by atoms with Crippen LogP contribution in [0.3, 0.4) is 0 Å². The zero-order valence-corrected chi connectivity index (χ0v) is 9.75. The van der Waals surface area contributed by atoms with Crippen LogP contribution in [0.1, 0.15) is 26.5 Å². The van der Waals surface area contributed by atoms with Crippen molar-refractivity contribution in [3.63, 3.8) is 0 Å². The minimum Gasteiger partial charge on any atom is -0.353 e. The van der Waals surface area contributed by atoms with Crippen LogP contribution in [0.4, 0.5) is 5.95 Å². The van der Waals surface area contributed by atoms with E-state index in [1.54, 1.807) is 6.20 Å². The molecule has 0 spiro atoms. The van der Waals surface area contributed by atoms with Crippen molar-refractivity contribution in [1.82, 2.24) is 9.97 Å². The van der Waals surface area contributed by atoms with Gasteiger partial charge in [-0.3, -0.25) is 0 Å². The fraction of sp³-hybridized carbons (Fsp3) is 0.636. The van der Waals surface area contributed by atoms with Crippen LogP contribution in [0.5, 0.6) is 0 Å². The van der Waals surface area contributed by atoms with Crippen LogP contribution in [0.25, 0.3) is 0 Å². The van der Waals surface area contributed by atoms with Crippen LogP contribution in [-0.4, -0.2) is 23.1 Å². The van der Waals surface area contributed by atoms with E-state index in [1.807, 2.05) is 6.07 Å². The molecule has 1 heterocycles. The van der Waals surface area contributed by atoms with Gasteiger partial charge in [-0.15, -0.1) is 0 Å². The Morgan fingerprint density at radius 3 is 2.73 bits per heavy atom. The minimum atomic E-state index is 0.249. The molecule has 0 aliphatic carbocycles. The van der Waals surface area contributed by atoms with Gasteiger partial charge >= 0.3 is 0 Å². The summed E-state index contributed by atoms with van der Waals surface area (Å²) in [6, 6.07) is 1.96. The normalized spacial score (nSPS) is 11.5. The number of hydrogen-bond acceptors (Lipinski definition) is 4. The van der Waals surface area contributed by atoms with Gasteiger partial charge < -0.3 is 11.1 Å². The maximum Gasteiger partial charge on any atom is 0.222 e. The molecule has 84 valence electrons. The molecule has 0 saturated carbocycles. The quantitative estimate of drug-likeness (QED) is 0.785. The van der Waals surface area contributed by atoms with E-state index in [-0.39, 0.29) is 5.41 Å². The molecule has 0 unspecified atom stereocenters. The van der Waals surface area contributed by atoms with E-state index in [9.17, 15) is 0 Å². The minimum absolute atomic E-state index is 0.249. The first-order valence-corrected chi connectivity index (χ1v) is 5.27. The van der Waals surface area contributed by atoms with E-state index in [0.717, 1.165) is 12.1 Å². The molecule has 0 bridgehead atoms. The molecule has 4 heteroatoms. The zero-order valence-electron chi connectivity index (χ0n) is 9.75. The Balaban J connectivity index is 2.66. The van der Waals surface area contributed by atoms with E-state index in [2.05, 4.69) is 36.1 Å². The predicted molar refractivity (Wildman–Crippen MR) is 62.7 cm³/mol. The number of nitrogens with zero attached hydrogens (tertiary/aromatic N) is 2. The summed E-state index contributed by atoms with van der Waals surface area (Å²) in [6.07, 6.45) is 2.74. The van der Waals surface area contributed by atoms with Gasteiger partial charge in [0, 0.05) is 25.0 Å². The average molecular weight is 208 g/mol. The number of anilines is 1. The average Bonchev–Trinajstić information content (AvgIpc) is 2.12. The number of nitrogens with two attached hydrogens (primary N) is 1. The molecule has 0 aromatic carbocycles. The molecule has 1 aromatic heterocycles. The predicted octanol–water partition coefficient (Wildman–Crippen LogP) is 1.44. The summed E-state index contributed by atoms with van der Waals surface area (Å²) >= 11 is 0. The molecule has 1 rings (SSSR count). The highest BCUT2D eigenvalue weighted by Gasteiger charge is 2.12. The van der Waals surface area contributed by atoms with E-state index in [0.29, 0.717) is 19.0 Å². The van der Waals surface area contributed by atoms with Gasteiger partial charge in [-0.1, -0.05) is 20.8 Å². The lowest BCUT2D eigenvalue weighted by molar-refractivity contribution is 0.406. The smallest absolute Gasteiger partial charge is 0.222 e. The van der Waals surface area contributed by atoms with Crippen LogP contribution < -0.4 is 11.1 Å². The monoisotopic (exact) mass is 208 g/mol. The fourth-order valence-corrected chi connectivity index (χ4v) is 1.31. The first-order chi connectivity index (χ1) is 7.01. The van der Waals surface area contributed by atoms with E-state index in [4.69, 9.17) is 5.73 Å². The SMILES string of the molecule is CC(C)(C)Cc1ccnc(NCCN)n1. The van der Waals surface area contributed by atoms with Crippen molar-refractivity contribution in [2.75, 3.05) is 18.4 Å². The molecule has 0 fully saturated rings. The Kier molecular flexibility index (Phi) is 4.03. The Bertz CT molecular complexity index is 304. The Morgan fingerprint density at radius 1 is 1.40 bits per heavy atom. The highest BCUT2D eigenvalue weighted by Crippen LogP contribution is 2.19. The van der Waals surface area contributed by atoms with Gasteiger partial charge in [-0.2, -0.15) is 0 Å². The molecule has 4 nitrogen and oxygen atoms in total. The van der Waals surface area contributed by atoms with Gasteiger partial charge in [0.2, 0.25) is 5.95 Å².